The van der Waals surface area contributed by atoms with Gasteiger partial charge in [0.15, 0.2) is 0 Å². The van der Waals surface area contributed by atoms with Crippen LogP contribution in [-0.2, 0) is 0 Å². The molecule has 0 bridgehead atoms. The molecular weight excluding hydrogens is 144 g/mol. The van der Waals surface area contributed by atoms with Crippen molar-refractivity contribution < 1.29 is 0 Å². The third kappa shape index (κ3) is 103. The SMILES string of the molecule is CN.Cl.ClCCl. The minimum Gasteiger partial charge on any atom is -0.333 e. The van der Waals surface area contributed by atoms with Crippen molar-refractivity contribution >= 4 is 35.6 Å². The smallest absolute Gasteiger partial charge is 0.0967 e. The van der Waals surface area contributed by atoms with Crippen molar-refractivity contribution in [3.63, 3.8) is 0 Å². The first-order valence-corrected chi connectivity index (χ1v) is 2.18. The van der Waals surface area contributed by atoms with E-state index in [0.29, 0.717) is 0 Å². The summed E-state index contributed by atoms with van der Waals surface area (Å²) < 4.78 is 0. The predicted molar refractivity (Wildman–Crippen MR) is 33.9 cm³/mol. The largest absolute Gasteiger partial charge is 0.333 e. The van der Waals surface area contributed by atoms with E-state index in [9.17, 15) is 0 Å². The molecule has 0 aliphatic heterocycles. The van der Waals surface area contributed by atoms with Gasteiger partial charge in [-0.25, -0.2) is 0 Å². The third-order valence-corrected chi connectivity index (χ3v) is 0. The average molecular weight is 152 g/mol. The Kier molecular flexibility index (Phi) is 107. The molecule has 0 heterocycles. The first-order valence-electron chi connectivity index (χ1n) is 1.11. The summed E-state index contributed by atoms with van der Waals surface area (Å²) in [5.41, 5.74) is 4.50. The van der Waals surface area contributed by atoms with E-state index in [1.54, 1.807) is 0 Å². The van der Waals surface area contributed by atoms with Crippen LogP contribution in [0, 0.1) is 0 Å². The van der Waals surface area contributed by atoms with Gasteiger partial charge in [-0.05, 0) is 7.05 Å². The summed E-state index contributed by atoms with van der Waals surface area (Å²) in [6.45, 7) is 0. The molecule has 4 heteroatoms. The van der Waals surface area contributed by atoms with Gasteiger partial charge in [-0.2, -0.15) is 0 Å². The summed E-state index contributed by atoms with van der Waals surface area (Å²) in [7, 11) is 1.50. The van der Waals surface area contributed by atoms with Gasteiger partial charge < -0.3 is 5.73 Å². The molecule has 0 spiro atoms. The van der Waals surface area contributed by atoms with Crippen LogP contribution in [0.5, 0.6) is 0 Å². The maximum Gasteiger partial charge on any atom is 0.0967 e. The lowest BCUT2D eigenvalue weighted by atomic mass is 11.6. The van der Waals surface area contributed by atoms with E-state index >= 15 is 0 Å². The molecule has 0 aliphatic rings. The quantitative estimate of drug-likeness (QED) is 0.522. The number of rotatable bonds is 0. The average Bonchev–Trinajstić information content (AvgIpc) is 1.46. The predicted octanol–water partition coefficient (Wildman–Crippen LogP) is 1.42. The summed E-state index contributed by atoms with van der Waals surface area (Å²) in [6, 6.07) is 0. The topological polar surface area (TPSA) is 26.0 Å². The zero-order chi connectivity index (χ0) is 4.71. The van der Waals surface area contributed by atoms with Crippen LogP contribution in [0.2, 0.25) is 0 Å². The summed E-state index contributed by atoms with van der Waals surface area (Å²) in [6.07, 6.45) is 0. The van der Waals surface area contributed by atoms with Gasteiger partial charge in [0, 0.05) is 0 Å². The number of hydrogen-bond acceptors (Lipinski definition) is 1. The third-order valence-electron chi connectivity index (χ3n) is 0. The Labute approximate surface area is 54.2 Å². The molecule has 0 aromatic rings. The minimum absolute atomic E-state index is 0. The molecule has 1 nitrogen and oxygen atoms in total. The molecule has 0 unspecified atom stereocenters. The van der Waals surface area contributed by atoms with Crippen LogP contribution in [0.3, 0.4) is 0 Å². The van der Waals surface area contributed by atoms with Gasteiger partial charge in [-0.3, -0.25) is 0 Å². The molecule has 0 aliphatic carbocycles. The van der Waals surface area contributed by atoms with Crippen LogP contribution >= 0.6 is 35.6 Å². The second-order valence-electron chi connectivity index (χ2n) is 0.101. The summed E-state index contributed by atoms with van der Waals surface area (Å²) >= 11 is 9.53. The molecule has 0 saturated heterocycles. The number of alkyl halides is 2. The van der Waals surface area contributed by atoms with Crippen molar-refractivity contribution in [3.8, 4) is 0 Å². The van der Waals surface area contributed by atoms with E-state index < -0.39 is 0 Å². The molecule has 0 atom stereocenters. The molecule has 0 amide bonds. The lowest BCUT2D eigenvalue weighted by Crippen LogP contribution is -1.69. The Balaban J connectivity index is -0.0000000275. The van der Waals surface area contributed by atoms with E-state index in [1.165, 1.54) is 7.05 Å². The van der Waals surface area contributed by atoms with Crippen molar-refractivity contribution in [2.24, 2.45) is 5.73 Å². The van der Waals surface area contributed by atoms with Gasteiger partial charge in [0.1, 0.15) is 0 Å². The summed E-state index contributed by atoms with van der Waals surface area (Å²) in [5.74, 6) is 0. The molecule has 6 heavy (non-hydrogen) atoms. The zero-order valence-electron chi connectivity index (χ0n) is 3.45. The van der Waals surface area contributed by atoms with Gasteiger partial charge in [0.2, 0.25) is 0 Å². The molecule has 0 rings (SSSR count). The molecule has 42 valence electrons. The standard InChI is InChI=1S/CH2Cl2.CH5N.ClH/c2-1-3;1-2;/h1H2;2H2,1H3;1H. The van der Waals surface area contributed by atoms with Gasteiger partial charge in [0.05, 0.1) is 5.34 Å². The fourth-order valence-electron chi connectivity index (χ4n) is 0. The molecule has 0 aromatic heterocycles. The fourth-order valence-corrected chi connectivity index (χ4v) is 0. The normalized spacial score (nSPS) is 4.00. The fraction of sp³-hybridized carbons (Fsp3) is 1.00. The van der Waals surface area contributed by atoms with Crippen LogP contribution in [0.4, 0.5) is 0 Å². The second-order valence-corrected chi connectivity index (χ2v) is 0.909. The molecular formula is C2H8Cl3N. The van der Waals surface area contributed by atoms with E-state index in [1.807, 2.05) is 0 Å². The van der Waals surface area contributed by atoms with E-state index in [4.69, 9.17) is 23.2 Å². The van der Waals surface area contributed by atoms with Crippen LogP contribution in [0.25, 0.3) is 0 Å². The second kappa shape index (κ2) is 40.6. The van der Waals surface area contributed by atoms with Crippen LogP contribution in [0.15, 0.2) is 0 Å². The number of hydrogen-bond donors (Lipinski definition) is 1. The minimum atomic E-state index is 0. The lowest BCUT2D eigenvalue weighted by molar-refractivity contribution is 1.48. The van der Waals surface area contributed by atoms with Gasteiger partial charge in [0.25, 0.3) is 0 Å². The monoisotopic (exact) mass is 151 g/mol. The summed E-state index contributed by atoms with van der Waals surface area (Å²) in [5, 5.41) is 0.194. The van der Waals surface area contributed by atoms with Crippen molar-refractivity contribution in [2.75, 3.05) is 12.4 Å². The summed E-state index contributed by atoms with van der Waals surface area (Å²) in [4.78, 5) is 0. The maximum atomic E-state index is 4.76. The number of nitrogens with two attached hydrogens (primary N) is 1. The molecule has 0 aromatic carbocycles. The Morgan fingerprint density at radius 3 is 1.33 bits per heavy atom. The van der Waals surface area contributed by atoms with Crippen LogP contribution in [0.1, 0.15) is 0 Å². The molecule has 0 radical (unpaired) electrons. The van der Waals surface area contributed by atoms with E-state index in [2.05, 4.69) is 5.73 Å². The Hall–Kier alpha value is 0.830. The Morgan fingerprint density at radius 1 is 1.33 bits per heavy atom. The first-order chi connectivity index (χ1) is 2.41. The van der Waals surface area contributed by atoms with Gasteiger partial charge in [-0.1, -0.05) is 0 Å². The van der Waals surface area contributed by atoms with Crippen molar-refractivity contribution in [2.45, 2.75) is 0 Å². The van der Waals surface area contributed by atoms with Crippen molar-refractivity contribution in [3.05, 3.63) is 0 Å². The highest BCUT2D eigenvalue weighted by atomic mass is 35.5. The van der Waals surface area contributed by atoms with Crippen LogP contribution in [-0.4, -0.2) is 12.4 Å². The highest BCUT2D eigenvalue weighted by Gasteiger charge is 1.41. The van der Waals surface area contributed by atoms with Gasteiger partial charge in [-0.15, -0.1) is 35.6 Å². The Morgan fingerprint density at radius 2 is 1.33 bits per heavy atom. The molecule has 2 N–H and O–H groups in total. The molecule has 0 saturated carbocycles. The Bertz CT molecular complexity index is 8.75. The maximum absolute atomic E-state index is 4.76. The van der Waals surface area contributed by atoms with Crippen molar-refractivity contribution in [1.82, 2.24) is 0 Å². The molecule has 0 fully saturated rings. The highest BCUT2D eigenvalue weighted by molar-refractivity contribution is 6.40. The van der Waals surface area contributed by atoms with E-state index in [-0.39, 0.29) is 17.7 Å². The first kappa shape index (κ1) is 15.8. The van der Waals surface area contributed by atoms with Gasteiger partial charge >= 0.3 is 0 Å². The zero-order valence-corrected chi connectivity index (χ0v) is 5.78. The lowest BCUT2D eigenvalue weighted by Gasteiger charge is -1.42. The van der Waals surface area contributed by atoms with Crippen molar-refractivity contribution in [1.29, 1.82) is 0 Å². The van der Waals surface area contributed by atoms with Crippen LogP contribution < -0.4 is 5.73 Å². The number of halogens is 3. The van der Waals surface area contributed by atoms with E-state index in [0.717, 1.165) is 0 Å². The highest BCUT2D eigenvalue weighted by Crippen LogP contribution is 1.73.